The van der Waals surface area contributed by atoms with Crippen LogP contribution in [0.3, 0.4) is 0 Å². The minimum atomic E-state index is -0.324. The van der Waals surface area contributed by atoms with E-state index in [1.165, 1.54) is 26.4 Å². The molecule has 1 heterocycles. The molecule has 2 atom stereocenters. The molecule has 0 bridgehead atoms. The van der Waals surface area contributed by atoms with Crippen LogP contribution < -0.4 is 5.32 Å². The Balaban J connectivity index is 1.95. The molecule has 18 heavy (non-hydrogen) atoms. The summed E-state index contributed by atoms with van der Waals surface area (Å²) in [7, 11) is 1.38. The van der Waals surface area contributed by atoms with E-state index in [0.717, 1.165) is 18.3 Å². The first kappa shape index (κ1) is 12.9. The number of esters is 1. The maximum absolute atomic E-state index is 11.4. The zero-order chi connectivity index (χ0) is 13.0. The normalized spacial score (nSPS) is 22.8. The SMILES string of the molecule is COC(=O)c1ccnc(NCC2CCCC2C)c1. The van der Waals surface area contributed by atoms with Gasteiger partial charge in [0.25, 0.3) is 0 Å². The molecule has 1 N–H and O–H groups in total. The van der Waals surface area contributed by atoms with Crippen LogP contribution in [0, 0.1) is 11.8 Å². The lowest BCUT2D eigenvalue weighted by Gasteiger charge is -2.16. The van der Waals surface area contributed by atoms with E-state index in [9.17, 15) is 4.79 Å². The minimum absolute atomic E-state index is 0.324. The zero-order valence-corrected chi connectivity index (χ0v) is 11.0. The monoisotopic (exact) mass is 248 g/mol. The molecule has 0 spiro atoms. The maximum atomic E-state index is 11.4. The molecule has 98 valence electrons. The van der Waals surface area contributed by atoms with Crippen molar-refractivity contribution in [3.63, 3.8) is 0 Å². The number of anilines is 1. The van der Waals surface area contributed by atoms with Crippen molar-refractivity contribution in [1.82, 2.24) is 4.98 Å². The number of pyridine rings is 1. The van der Waals surface area contributed by atoms with Crippen LogP contribution in [0.25, 0.3) is 0 Å². The van der Waals surface area contributed by atoms with Gasteiger partial charge in [-0.05, 0) is 30.4 Å². The van der Waals surface area contributed by atoms with Gasteiger partial charge in [-0.25, -0.2) is 9.78 Å². The number of methoxy groups -OCH3 is 1. The second kappa shape index (κ2) is 5.85. The molecule has 1 fully saturated rings. The lowest BCUT2D eigenvalue weighted by molar-refractivity contribution is 0.0600. The molecule has 2 rings (SSSR count). The molecule has 1 aliphatic carbocycles. The minimum Gasteiger partial charge on any atom is -0.465 e. The van der Waals surface area contributed by atoms with Gasteiger partial charge in [-0.1, -0.05) is 19.8 Å². The van der Waals surface area contributed by atoms with Gasteiger partial charge >= 0.3 is 5.97 Å². The predicted octanol–water partition coefficient (Wildman–Crippen LogP) is 2.72. The molecule has 2 unspecified atom stereocenters. The second-order valence-corrected chi connectivity index (χ2v) is 4.97. The molecule has 1 aromatic heterocycles. The first-order valence-corrected chi connectivity index (χ1v) is 6.49. The van der Waals surface area contributed by atoms with E-state index in [4.69, 9.17) is 4.74 Å². The van der Waals surface area contributed by atoms with E-state index in [-0.39, 0.29) is 5.97 Å². The van der Waals surface area contributed by atoms with Crippen molar-refractivity contribution in [2.24, 2.45) is 11.8 Å². The Kier molecular flexibility index (Phi) is 4.18. The maximum Gasteiger partial charge on any atom is 0.338 e. The van der Waals surface area contributed by atoms with Gasteiger partial charge < -0.3 is 10.1 Å². The van der Waals surface area contributed by atoms with Crippen LogP contribution in [0.4, 0.5) is 5.82 Å². The second-order valence-electron chi connectivity index (χ2n) is 4.97. The number of hydrogen-bond donors (Lipinski definition) is 1. The van der Waals surface area contributed by atoms with Gasteiger partial charge in [0.15, 0.2) is 0 Å². The van der Waals surface area contributed by atoms with Gasteiger partial charge in [0.1, 0.15) is 5.82 Å². The highest BCUT2D eigenvalue weighted by Crippen LogP contribution is 2.31. The number of nitrogens with one attached hydrogen (secondary N) is 1. The van der Waals surface area contributed by atoms with Crippen LogP contribution >= 0.6 is 0 Å². The molecule has 0 amide bonds. The lowest BCUT2D eigenvalue weighted by atomic mass is 9.98. The molecular weight excluding hydrogens is 228 g/mol. The Bertz CT molecular complexity index is 420. The fraction of sp³-hybridized carbons (Fsp3) is 0.571. The zero-order valence-electron chi connectivity index (χ0n) is 11.0. The Hall–Kier alpha value is -1.58. The predicted molar refractivity (Wildman–Crippen MR) is 70.6 cm³/mol. The smallest absolute Gasteiger partial charge is 0.338 e. The van der Waals surface area contributed by atoms with Gasteiger partial charge in [0.2, 0.25) is 0 Å². The molecule has 0 saturated heterocycles. The molecule has 1 saturated carbocycles. The number of carbonyl (C=O) groups is 1. The number of aromatic nitrogens is 1. The summed E-state index contributed by atoms with van der Waals surface area (Å²) in [6.45, 7) is 3.23. The summed E-state index contributed by atoms with van der Waals surface area (Å²) >= 11 is 0. The summed E-state index contributed by atoms with van der Waals surface area (Å²) < 4.78 is 4.69. The average Bonchev–Trinajstić information content (AvgIpc) is 2.81. The van der Waals surface area contributed by atoms with E-state index >= 15 is 0 Å². The van der Waals surface area contributed by atoms with Gasteiger partial charge in [-0.2, -0.15) is 0 Å². The van der Waals surface area contributed by atoms with Gasteiger partial charge in [-0.15, -0.1) is 0 Å². The summed E-state index contributed by atoms with van der Waals surface area (Å²) in [4.78, 5) is 15.6. The van der Waals surface area contributed by atoms with Crippen molar-refractivity contribution >= 4 is 11.8 Å². The van der Waals surface area contributed by atoms with Gasteiger partial charge in [0.05, 0.1) is 12.7 Å². The molecule has 0 aliphatic heterocycles. The van der Waals surface area contributed by atoms with Crippen molar-refractivity contribution in [3.8, 4) is 0 Å². The van der Waals surface area contributed by atoms with Gasteiger partial charge in [0, 0.05) is 12.7 Å². The van der Waals surface area contributed by atoms with E-state index in [0.29, 0.717) is 11.5 Å². The molecule has 0 radical (unpaired) electrons. The van der Waals surface area contributed by atoms with E-state index < -0.39 is 0 Å². The highest BCUT2D eigenvalue weighted by atomic mass is 16.5. The Labute approximate surface area is 108 Å². The first-order valence-electron chi connectivity index (χ1n) is 6.49. The summed E-state index contributed by atoms with van der Waals surface area (Å²) in [5, 5.41) is 3.32. The third kappa shape index (κ3) is 3.00. The van der Waals surface area contributed by atoms with Crippen molar-refractivity contribution in [2.45, 2.75) is 26.2 Å². The number of nitrogens with zero attached hydrogens (tertiary/aromatic N) is 1. The molecule has 0 aromatic carbocycles. The van der Waals surface area contributed by atoms with Crippen LogP contribution in [0.1, 0.15) is 36.5 Å². The van der Waals surface area contributed by atoms with Crippen LogP contribution in [0.15, 0.2) is 18.3 Å². The Morgan fingerprint density at radius 3 is 3.06 bits per heavy atom. The molecule has 4 heteroatoms. The quantitative estimate of drug-likeness (QED) is 0.832. The standard InChI is InChI=1S/C14H20N2O2/c1-10-4-3-5-12(10)9-16-13-8-11(6-7-15-13)14(17)18-2/h6-8,10,12H,3-5,9H2,1-2H3,(H,15,16). The third-order valence-corrected chi connectivity index (χ3v) is 3.77. The van der Waals surface area contributed by atoms with Crippen molar-refractivity contribution in [1.29, 1.82) is 0 Å². The molecule has 1 aliphatic rings. The Morgan fingerprint density at radius 1 is 1.56 bits per heavy atom. The lowest BCUT2D eigenvalue weighted by Crippen LogP contribution is -2.17. The highest BCUT2D eigenvalue weighted by molar-refractivity contribution is 5.89. The fourth-order valence-corrected chi connectivity index (χ4v) is 2.53. The first-order chi connectivity index (χ1) is 8.70. The fourth-order valence-electron chi connectivity index (χ4n) is 2.53. The van der Waals surface area contributed by atoms with Crippen molar-refractivity contribution in [3.05, 3.63) is 23.9 Å². The molecular formula is C14H20N2O2. The number of hydrogen-bond acceptors (Lipinski definition) is 4. The third-order valence-electron chi connectivity index (χ3n) is 3.77. The summed E-state index contributed by atoms with van der Waals surface area (Å²) in [6, 6.07) is 3.40. The highest BCUT2D eigenvalue weighted by Gasteiger charge is 2.22. The number of rotatable bonds is 4. The Morgan fingerprint density at radius 2 is 2.39 bits per heavy atom. The van der Waals surface area contributed by atoms with Crippen LogP contribution in [0.2, 0.25) is 0 Å². The molecule has 4 nitrogen and oxygen atoms in total. The van der Waals surface area contributed by atoms with E-state index in [1.807, 2.05) is 0 Å². The summed E-state index contributed by atoms with van der Waals surface area (Å²) in [6.07, 6.45) is 5.56. The summed E-state index contributed by atoms with van der Waals surface area (Å²) in [5.41, 5.74) is 0.537. The van der Waals surface area contributed by atoms with Crippen LogP contribution in [-0.2, 0) is 4.74 Å². The van der Waals surface area contributed by atoms with E-state index in [1.54, 1.807) is 18.3 Å². The largest absolute Gasteiger partial charge is 0.465 e. The van der Waals surface area contributed by atoms with Crippen molar-refractivity contribution in [2.75, 3.05) is 19.0 Å². The molecule has 1 aromatic rings. The van der Waals surface area contributed by atoms with Crippen molar-refractivity contribution < 1.29 is 9.53 Å². The number of carbonyl (C=O) groups excluding carboxylic acids is 1. The topological polar surface area (TPSA) is 51.2 Å². The van der Waals surface area contributed by atoms with E-state index in [2.05, 4.69) is 17.2 Å². The van der Waals surface area contributed by atoms with Crippen LogP contribution in [0.5, 0.6) is 0 Å². The van der Waals surface area contributed by atoms with Gasteiger partial charge in [-0.3, -0.25) is 0 Å². The van der Waals surface area contributed by atoms with Crippen LogP contribution in [-0.4, -0.2) is 24.6 Å². The number of ether oxygens (including phenoxy) is 1. The average molecular weight is 248 g/mol. The summed E-state index contributed by atoms with van der Waals surface area (Å²) in [5.74, 6) is 1.92.